The van der Waals surface area contributed by atoms with Crippen LogP contribution in [0.1, 0.15) is 30.9 Å². The van der Waals surface area contributed by atoms with E-state index in [-0.39, 0.29) is 17.7 Å². The normalized spacial score (nSPS) is 18.4. The molecule has 0 radical (unpaired) electrons. The average Bonchev–Trinajstić information content (AvgIpc) is 2.81. The highest BCUT2D eigenvalue weighted by Crippen LogP contribution is 2.29. The van der Waals surface area contributed by atoms with Crippen LogP contribution in [0.3, 0.4) is 0 Å². The highest BCUT2D eigenvalue weighted by Gasteiger charge is 2.35. The second-order valence-corrected chi connectivity index (χ2v) is 5.42. The number of anilines is 1. The van der Waals surface area contributed by atoms with Gasteiger partial charge in [-0.25, -0.2) is 0 Å². The van der Waals surface area contributed by atoms with Crippen molar-refractivity contribution >= 4 is 17.5 Å². The lowest BCUT2D eigenvalue weighted by atomic mass is 10.1. The van der Waals surface area contributed by atoms with Gasteiger partial charge < -0.3 is 10.2 Å². The van der Waals surface area contributed by atoms with Crippen LogP contribution in [0.25, 0.3) is 0 Å². The van der Waals surface area contributed by atoms with E-state index in [0.29, 0.717) is 19.5 Å². The molecule has 108 valence electrons. The molecule has 1 aliphatic rings. The number of rotatable bonds is 4. The summed E-state index contributed by atoms with van der Waals surface area (Å²) in [5.74, 6) is -0.197. The fourth-order valence-electron chi connectivity index (χ4n) is 2.54. The Morgan fingerprint density at radius 3 is 2.85 bits per heavy atom. The number of nitrogens with one attached hydrogen (secondary N) is 1. The van der Waals surface area contributed by atoms with Gasteiger partial charge in [0.1, 0.15) is 0 Å². The lowest BCUT2D eigenvalue weighted by Crippen LogP contribution is -2.33. The summed E-state index contributed by atoms with van der Waals surface area (Å²) in [6, 6.07) is 5.94. The van der Waals surface area contributed by atoms with E-state index in [4.69, 9.17) is 0 Å². The van der Waals surface area contributed by atoms with Crippen molar-refractivity contribution in [3.8, 4) is 0 Å². The minimum Gasteiger partial charge on any atom is -0.356 e. The summed E-state index contributed by atoms with van der Waals surface area (Å²) in [5.41, 5.74) is 3.20. The van der Waals surface area contributed by atoms with Crippen LogP contribution in [-0.2, 0) is 9.59 Å². The fraction of sp³-hybridized carbons (Fsp3) is 0.500. The van der Waals surface area contributed by atoms with E-state index < -0.39 is 0 Å². The number of hydrogen-bond donors (Lipinski definition) is 1. The standard InChI is InChI=1S/C16H22N2O2/c1-4-8-17-16(20)13-9-15(19)18(10-13)14-7-5-6-11(2)12(14)3/h5-7,13H,4,8-10H2,1-3H3,(H,17,20). The van der Waals surface area contributed by atoms with Gasteiger partial charge in [-0.15, -0.1) is 0 Å². The summed E-state index contributed by atoms with van der Waals surface area (Å²) in [5, 5.41) is 2.88. The number of carbonyl (C=O) groups excluding carboxylic acids is 2. The van der Waals surface area contributed by atoms with Crippen molar-refractivity contribution in [1.29, 1.82) is 0 Å². The van der Waals surface area contributed by atoms with Crippen LogP contribution in [0.5, 0.6) is 0 Å². The number of benzene rings is 1. The van der Waals surface area contributed by atoms with Crippen molar-refractivity contribution in [1.82, 2.24) is 5.32 Å². The summed E-state index contributed by atoms with van der Waals surface area (Å²) < 4.78 is 0. The highest BCUT2D eigenvalue weighted by molar-refractivity contribution is 6.00. The van der Waals surface area contributed by atoms with Crippen LogP contribution in [0, 0.1) is 19.8 Å². The zero-order valence-electron chi connectivity index (χ0n) is 12.4. The summed E-state index contributed by atoms with van der Waals surface area (Å²) in [6.07, 6.45) is 1.22. The molecule has 1 saturated heterocycles. The Morgan fingerprint density at radius 2 is 2.15 bits per heavy atom. The second kappa shape index (κ2) is 6.07. The van der Waals surface area contributed by atoms with E-state index in [9.17, 15) is 9.59 Å². The molecule has 1 aliphatic heterocycles. The number of nitrogens with zero attached hydrogens (tertiary/aromatic N) is 1. The quantitative estimate of drug-likeness (QED) is 0.915. The van der Waals surface area contributed by atoms with E-state index in [0.717, 1.165) is 23.2 Å². The molecule has 4 nitrogen and oxygen atoms in total. The molecule has 1 heterocycles. The second-order valence-electron chi connectivity index (χ2n) is 5.42. The first kappa shape index (κ1) is 14.6. The van der Waals surface area contributed by atoms with Crippen molar-refractivity contribution in [3.63, 3.8) is 0 Å². The van der Waals surface area contributed by atoms with Crippen LogP contribution in [0.15, 0.2) is 18.2 Å². The van der Waals surface area contributed by atoms with Crippen molar-refractivity contribution in [2.75, 3.05) is 18.0 Å². The van der Waals surface area contributed by atoms with Gasteiger partial charge in [0.05, 0.1) is 5.92 Å². The Morgan fingerprint density at radius 1 is 1.40 bits per heavy atom. The molecule has 1 N–H and O–H groups in total. The Bertz CT molecular complexity index is 525. The first-order chi connectivity index (χ1) is 9.54. The molecule has 1 aromatic carbocycles. The highest BCUT2D eigenvalue weighted by atomic mass is 16.2. The van der Waals surface area contributed by atoms with Gasteiger partial charge in [0.15, 0.2) is 0 Å². The van der Waals surface area contributed by atoms with Crippen LogP contribution < -0.4 is 10.2 Å². The summed E-state index contributed by atoms with van der Waals surface area (Å²) in [4.78, 5) is 25.9. The van der Waals surface area contributed by atoms with Gasteiger partial charge in [0, 0.05) is 25.2 Å². The van der Waals surface area contributed by atoms with Gasteiger partial charge in [-0.1, -0.05) is 19.1 Å². The van der Waals surface area contributed by atoms with Gasteiger partial charge in [-0.3, -0.25) is 9.59 Å². The monoisotopic (exact) mass is 274 g/mol. The maximum Gasteiger partial charge on any atom is 0.227 e. The summed E-state index contributed by atoms with van der Waals surface area (Å²) in [6.45, 7) is 7.22. The lowest BCUT2D eigenvalue weighted by Gasteiger charge is -2.20. The molecule has 0 spiro atoms. The van der Waals surface area contributed by atoms with Crippen molar-refractivity contribution < 1.29 is 9.59 Å². The Balaban J connectivity index is 2.13. The van der Waals surface area contributed by atoms with Crippen molar-refractivity contribution in [2.24, 2.45) is 5.92 Å². The zero-order valence-corrected chi connectivity index (χ0v) is 12.4. The van der Waals surface area contributed by atoms with Gasteiger partial charge in [0.2, 0.25) is 11.8 Å². The molecular formula is C16H22N2O2. The van der Waals surface area contributed by atoms with E-state index >= 15 is 0 Å². The zero-order chi connectivity index (χ0) is 14.7. The molecule has 2 amide bonds. The van der Waals surface area contributed by atoms with Gasteiger partial charge in [0.25, 0.3) is 0 Å². The third-order valence-corrected chi connectivity index (χ3v) is 3.91. The first-order valence-electron chi connectivity index (χ1n) is 7.19. The third kappa shape index (κ3) is 2.84. The maximum absolute atomic E-state index is 12.2. The molecule has 1 fully saturated rings. The molecule has 1 aromatic rings. The Kier molecular flexibility index (Phi) is 4.42. The van der Waals surface area contributed by atoms with Crippen LogP contribution in [0.4, 0.5) is 5.69 Å². The van der Waals surface area contributed by atoms with E-state index in [1.807, 2.05) is 39.0 Å². The van der Waals surface area contributed by atoms with E-state index in [1.165, 1.54) is 0 Å². The first-order valence-corrected chi connectivity index (χ1v) is 7.19. The van der Waals surface area contributed by atoms with Gasteiger partial charge in [-0.05, 0) is 37.5 Å². The van der Waals surface area contributed by atoms with Crippen LogP contribution in [0.2, 0.25) is 0 Å². The number of carbonyl (C=O) groups is 2. The number of aryl methyl sites for hydroxylation is 1. The van der Waals surface area contributed by atoms with E-state index in [1.54, 1.807) is 4.90 Å². The smallest absolute Gasteiger partial charge is 0.227 e. The molecule has 0 bridgehead atoms. The molecule has 4 heteroatoms. The number of amides is 2. The summed E-state index contributed by atoms with van der Waals surface area (Å²) >= 11 is 0. The molecule has 0 aromatic heterocycles. The van der Waals surface area contributed by atoms with Crippen molar-refractivity contribution in [3.05, 3.63) is 29.3 Å². The topological polar surface area (TPSA) is 49.4 Å². The Hall–Kier alpha value is -1.84. The minimum atomic E-state index is -0.228. The van der Waals surface area contributed by atoms with Gasteiger partial charge >= 0.3 is 0 Å². The molecule has 2 rings (SSSR count). The third-order valence-electron chi connectivity index (χ3n) is 3.91. The molecule has 1 unspecified atom stereocenters. The maximum atomic E-state index is 12.2. The molecule has 0 aliphatic carbocycles. The predicted octanol–water partition coefficient (Wildman–Crippen LogP) is 2.18. The molecule has 20 heavy (non-hydrogen) atoms. The van der Waals surface area contributed by atoms with Gasteiger partial charge in [-0.2, -0.15) is 0 Å². The summed E-state index contributed by atoms with van der Waals surface area (Å²) in [7, 11) is 0. The lowest BCUT2D eigenvalue weighted by molar-refractivity contribution is -0.126. The largest absolute Gasteiger partial charge is 0.356 e. The van der Waals surface area contributed by atoms with Crippen LogP contribution in [-0.4, -0.2) is 24.9 Å². The minimum absolute atomic E-state index is 0.00648. The number of hydrogen-bond acceptors (Lipinski definition) is 2. The Labute approximate surface area is 120 Å². The van der Waals surface area contributed by atoms with Crippen LogP contribution >= 0.6 is 0 Å². The predicted molar refractivity (Wildman–Crippen MR) is 79.7 cm³/mol. The molecule has 1 atom stereocenters. The SMILES string of the molecule is CCCNC(=O)C1CC(=O)N(c2cccc(C)c2C)C1. The molecule has 0 saturated carbocycles. The van der Waals surface area contributed by atoms with E-state index in [2.05, 4.69) is 5.32 Å². The fourth-order valence-corrected chi connectivity index (χ4v) is 2.54. The molecular weight excluding hydrogens is 252 g/mol. The average molecular weight is 274 g/mol. The van der Waals surface area contributed by atoms with Crippen molar-refractivity contribution in [2.45, 2.75) is 33.6 Å².